The number of pyridine rings is 1. The third-order valence-corrected chi connectivity index (χ3v) is 3.72. The van der Waals surface area contributed by atoms with Crippen molar-refractivity contribution in [2.24, 2.45) is 0 Å². The van der Waals surface area contributed by atoms with Gasteiger partial charge in [0.2, 0.25) is 0 Å². The highest BCUT2D eigenvalue weighted by Gasteiger charge is 2.16. The third-order valence-electron chi connectivity index (χ3n) is 3.72. The van der Waals surface area contributed by atoms with E-state index in [4.69, 9.17) is 0 Å². The fourth-order valence-electron chi connectivity index (χ4n) is 2.44. The van der Waals surface area contributed by atoms with Gasteiger partial charge >= 0.3 is 0 Å². The average molecular weight is 355 g/mol. The number of nitrogens with one attached hydrogen (secondary N) is 2. The zero-order chi connectivity index (χ0) is 18.5. The van der Waals surface area contributed by atoms with Crippen LogP contribution in [0.3, 0.4) is 0 Å². The minimum Gasteiger partial charge on any atom is -0.350 e. The fraction of sp³-hybridized carbons (Fsp3) is 0.105. The van der Waals surface area contributed by atoms with Gasteiger partial charge < -0.3 is 10.6 Å². The molecule has 0 aliphatic rings. The van der Waals surface area contributed by atoms with Crippen molar-refractivity contribution in [3.63, 3.8) is 0 Å². The molecule has 2 N–H and O–H groups in total. The second kappa shape index (κ2) is 7.69. The summed E-state index contributed by atoms with van der Waals surface area (Å²) in [6, 6.07) is 14.0. The molecule has 2 aromatic carbocycles. The smallest absolute Gasteiger partial charge is 0.269 e. The first-order valence-electron chi connectivity index (χ1n) is 7.92. The Balaban J connectivity index is 1.54. The molecule has 1 heterocycles. The zero-order valence-corrected chi connectivity index (χ0v) is 13.6. The Kier molecular flexibility index (Phi) is 5.17. The van der Waals surface area contributed by atoms with Crippen LogP contribution in [-0.2, 0) is 0 Å². The number of nitrogens with zero attached hydrogens (tertiary/aromatic N) is 1. The summed E-state index contributed by atoms with van der Waals surface area (Å²) < 4.78 is 27.0. The Morgan fingerprint density at radius 3 is 2.19 bits per heavy atom. The Morgan fingerprint density at radius 2 is 1.46 bits per heavy atom. The molecule has 132 valence electrons. The maximum Gasteiger partial charge on any atom is 0.269 e. The number of aromatic nitrogens is 1. The van der Waals surface area contributed by atoms with Crippen molar-refractivity contribution in [3.8, 4) is 0 Å². The van der Waals surface area contributed by atoms with Crippen LogP contribution in [0.4, 0.5) is 8.78 Å². The molecule has 3 rings (SSSR count). The van der Waals surface area contributed by atoms with Crippen molar-refractivity contribution in [1.29, 1.82) is 0 Å². The van der Waals surface area contributed by atoms with Gasteiger partial charge in [-0.1, -0.05) is 30.3 Å². The Bertz CT molecular complexity index is 956. The molecular formula is C19H15F2N3O2. The second-order valence-corrected chi connectivity index (χ2v) is 5.50. The molecule has 1 aromatic heterocycles. The van der Waals surface area contributed by atoms with Gasteiger partial charge in [0.05, 0.1) is 5.52 Å². The Hall–Kier alpha value is -3.35. The number of benzene rings is 2. The molecule has 0 spiro atoms. The van der Waals surface area contributed by atoms with Crippen molar-refractivity contribution in [1.82, 2.24) is 15.6 Å². The summed E-state index contributed by atoms with van der Waals surface area (Å²) in [6.07, 6.45) is 0. The van der Waals surface area contributed by atoms with Gasteiger partial charge in [0.25, 0.3) is 11.8 Å². The quantitative estimate of drug-likeness (QED) is 0.691. The predicted molar refractivity (Wildman–Crippen MR) is 92.8 cm³/mol. The van der Waals surface area contributed by atoms with Gasteiger partial charge in [0.1, 0.15) is 22.9 Å². The lowest BCUT2D eigenvalue weighted by Crippen LogP contribution is -2.35. The van der Waals surface area contributed by atoms with Gasteiger partial charge in [-0.3, -0.25) is 9.59 Å². The highest BCUT2D eigenvalue weighted by atomic mass is 19.1. The molecule has 0 unspecified atom stereocenters. The molecule has 0 saturated heterocycles. The van der Waals surface area contributed by atoms with E-state index in [1.807, 2.05) is 18.2 Å². The Morgan fingerprint density at radius 1 is 0.808 bits per heavy atom. The van der Waals surface area contributed by atoms with Gasteiger partial charge in [-0.2, -0.15) is 0 Å². The first kappa shape index (κ1) is 17.5. The SMILES string of the molecule is O=C(NCCNC(=O)c1c(F)cccc1F)c1ccc2ccccc2n1. The van der Waals surface area contributed by atoms with Crippen molar-refractivity contribution in [2.45, 2.75) is 0 Å². The van der Waals surface area contributed by atoms with Crippen molar-refractivity contribution >= 4 is 22.7 Å². The maximum absolute atomic E-state index is 13.5. The highest BCUT2D eigenvalue weighted by Crippen LogP contribution is 2.12. The molecule has 0 aliphatic heterocycles. The minimum absolute atomic E-state index is 0.0198. The summed E-state index contributed by atoms with van der Waals surface area (Å²) in [4.78, 5) is 28.2. The van der Waals surface area contributed by atoms with E-state index in [9.17, 15) is 18.4 Å². The van der Waals surface area contributed by atoms with Gasteiger partial charge in [-0.15, -0.1) is 0 Å². The number of carbonyl (C=O) groups excluding carboxylic acids is 2. The number of para-hydroxylation sites is 1. The largest absolute Gasteiger partial charge is 0.350 e. The predicted octanol–water partition coefficient (Wildman–Crippen LogP) is 2.67. The number of hydrogen-bond acceptors (Lipinski definition) is 3. The summed E-state index contributed by atoms with van der Waals surface area (Å²) in [5.74, 6) is -3.15. The van der Waals surface area contributed by atoms with E-state index in [-0.39, 0.29) is 18.8 Å². The summed E-state index contributed by atoms with van der Waals surface area (Å²) in [5, 5.41) is 5.88. The average Bonchev–Trinajstić information content (AvgIpc) is 2.64. The van der Waals surface area contributed by atoms with E-state index in [0.29, 0.717) is 5.52 Å². The van der Waals surface area contributed by atoms with Gasteiger partial charge in [0.15, 0.2) is 0 Å². The lowest BCUT2D eigenvalue weighted by atomic mass is 10.2. The van der Waals surface area contributed by atoms with Crippen LogP contribution in [0.5, 0.6) is 0 Å². The monoisotopic (exact) mass is 355 g/mol. The molecular weight excluding hydrogens is 340 g/mol. The van der Waals surface area contributed by atoms with Gasteiger partial charge in [-0.05, 0) is 24.3 Å². The summed E-state index contributed by atoms with van der Waals surface area (Å²) in [5.41, 5.74) is 0.300. The van der Waals surface area contributed by atoms with E-state index in [1.165, 1.54) is 6.07 Å². The lowest BCUT2D eigenvalue weighted by Gasteiger charge is -2.08. The maximum atomic E-state index is 13.5. The number of fused-ring (bicyclic) bond motifs is 1. The molecule has 0 radical (unpaired) electrons. The summed E-state index contributed by atoms with van der Waals surface area (Å²) in [7, 11) is 0. The number of halogens is 2. The molecule has 26 heavy (non-hydrogen) atoms. The third kappa shape index (κ3) is 3.83. The first-order chi connectivity index (χ1) is 12.6. The van der Waals surface area contributed by atoms with Crippen LogP contribution < -0.4 is 10.6 Å². The van der Waals surface area contributed by atoms with Crippen LogP contribution in [0.25, 0.3) is 10.9 Å². The molecule has 3 aromatic rings. The van der Waals surface area contributed by atoms with Crippen LogP contribution in [0.2, 0.25) is 0 Å². The molecule has 7 heteroatoms. The Labute approximate surface area is 148 Å². The molecule has 0 aliphatic carbocycles. The van der Waals surface area contributed by atoms with Crippen LogP contribution in [-0.4, -0.2) is 29.9 Å². The molecule has 5 nitrogen and oxygen atoms in total. The molecule has 0 atom stereocenters. The minimum atomic E-state index is -0.938. The van der Waals surface area contributed by atoms with Gasteiger partial charge in [0, 0.05) is 18.5 Å². The fourth-order valence-corrected chi connectivity index (χ4v) is 2.44. The summed E-state index contributed by atoms with van der Waals surface area (Å²) >= 11 is 0. The lowest BCUT2D eigenvalue weighted by molar-refractivity contribution is 0.0920. The topological polar surface area (TPSA) is 71.1 Å². The number of hydrogen-bond donors (Lipinski definition) is 2. The van der Waals surface area contributed by atoms with Crippen LogP contribution in [0.1, 0.15) is 20.8 Å². The highest BCUT2D eigenvalue weighted by molar-refractivity contribution is 5.95. The van der Waals surface area contributed by atoms with Gasteiger partial charge in [-0.25, -0.2) is 13.8 Å². The van der Waals surface area contributed by atoms with Crippen molar-refractivity contribution in [3.05, 3.63) is 77.5 Å². The van der Waals surface area contributed by atoms with E-state index in [1.54, 1.807) is 18.2 Å². The molecule has 0 bridgehead atoms. The van der Waals surface area contributed by atoms with Crippen LogP contribution in [0.15, 0.2) is 54.6 Å². The molecule has 0 fully saturated rings. The molecule has 0 saturated carbocycles. The number of rotatable bonds is 5. The van der Waals surface area contributed by atoms with Crippen molar-refractivity contribution in [2.75, 3.05) is 13.1 Å². The number of carbonyl (C=O) groups is 2. The van der Waals surface area contributed by atoms with Crippen LogP contribution >= 0.6 is 0 Å². The van der Waals surface area contributed by atoms with E-state index in [0.717, 1.165) is 17.5 Å². The van der Waals surface area contributed by atoms with E-state index >= 15 is 0 Å². The van der Waals surface area contributed by atoms with E-state index in [2.05, 4.69) is 15.6 Å². The van der Waals surface area contributed by atoms with Crippen LogP contribution in [0, 0.1) is 11.6 Å². The van der Waals surface area contributed by atoms with Crippen molar-refractivity contribution < 1.29 is 18.4 Å². The standard InChI is InChI=1S/C19H15F2N3O2/c20-13-5-3-6-14(21)17(13)19(26)23-11-10-22-18(25)16-9-8-12-4-1-2-7-15(12)24-16/h1-9H,10-11H2,(H,22,25)(H,23,26). The summed E-state index contributed by atoms with van der Waals surface area (Å²) in [6.45, 7) is 0.112. The van der Waals surface area contributed by atoms with E-state index < -0.39 is 29.0 Å². The zero-order valence-electron chi connectivity index (χ0n) is 13.6. The second-order valence-electron chi connectivity index (χ2n) is 5.50. The normalized spacial score (nSPS) is 10.5. The number of amides is 2. The molecule has 2 amide bonds. The first-order valence-corrected chi connectivity index (χ1v) is 7.92.